The lowest BCUT2D eigenvalue weighted by Crippen LogP contribution is -2.64. The van der Waals surface area contributed by atoms with Crippen molar-refractivity contribution in [1.29, 1.82) is 0 Å². The molecule has 0 N–H and O–H groups in total. The number of carbonyl (C=O) groups excluding carboxylic acids is 1. The normalized spacial score (nSPS) is 14.7. The number of rotatable bonds is 11. The summed E-state index contributed by atoms with van der Waals surface area (Å²) < 4.78 is 201. The van der Waals surface area contributed by atoms with Crippen LogP contribution in [0.25, 0.3) is 0 Å². The molecule has 0 saturated carbocycles. The van der Waals surface area contributed by atoms with E-state index in [0.717, 1.165) is 24.3 Å². The van der Waals surface area contributed by atoms with Crippen LogP contribution in [0.3, 0.4) is 0 Å². The molecule has 0 amide bonds. The monoisotopic (exact) mass is 570 g/mol. The molecule has 1 rings (SSSR count). The number of benzene rings is 1. The number of hydrogen-bond acceptors (Lipinski definition) is 4. The van der Waals surface area contributed by atoms with Gasteiger partial charge in [-0.05, 0) is 35.9 Å². The molecule has 35 heavy (non-hydrogen) atoms. The highest BCUT2D eigenvalue weighted by Crippen LogP contribution is 2.55. The molecule has 0 saturated heterocycles. The van der Waals surface area contributed by atoms with Gasteiger partial charge in [-0.25, -0.2) is 9.47 Å². The molecule has 1 aromatic carbocycles. The Kier molecular flexibility index (Phi) is 8.28. The quantitative estimate of drug-likeness (QED) is 0.220. The molecular formula is C15H6ClF15O4. The zero-order valence-electron chi connectivity index (χ0n) is 15.7. The molecule has 0 aliphatic rings. The van der Waals surface area contributed by atoms with Crippen LogP contribution >= 0.6 is 11.6 Å². The highest BCUT2D eigenvalue weighted by atomic mass is 35.5. The van der Waals surface area contributed by atoms with Crippen molar-refractivity contribution in [2.24, 2.45) is 0 Å². The largest absolute Gasteiger partial charge is 0.484 e. The first-order chi connectivity index (χ1) is 15.3. The predicted octanol–water partition coefficient (Wildman–Crippen LogP) is 6.68. The van der Waals surface area contributed by atoms with E-state index in [-0.39, 0.29) is 5.56 Å². The zero-order valence-corrected chi connectivity index (χ0v) is 16.5. The van der Waals surface area contributed by atoms with Gasteiger partial charge in [0.2, 0.25) is 0 Å². The van der Waals surface area contributed by atoms with Gasteiger partial charge < -0.3 is 4.74 Å². The van der Waals surface area contributed by atoms with E-state index in [1.165, 1.54) is 4.74 Å². The van der Waals surface area contributed by atoms with Crippen molar-refractivity contribution in [3.8, 4) is 5.75 Å². The summed E-state index contributed by atoms with van der Waals surface area (Å²) in [6, 6.07) is 3.15. The van der Waals surface area contributed by atoms with Gasteiger partial charge in [-0.3, -0.25) is 4.79 Å². The van der Waals surface area contributed by atoms with E-state index >= 15 is 0 Å². The van der Waals surface area contributed by atoms with Crippen molar-refractivity contribution in [2.75, 3.05) is 6.61 Å². The van der Waals surface area contributed by atoms with Gasteiger partial charge in [-0.15, -0.1) is 0 Å². The first-order valence-corrected chi connectivity index (χ1v) is 8.34. The maximum Gasteiger partial charge on any atom is 0.460 e. The number of alkyl halides is 15. The van der Waals surface area contributed by atoms with Gasteiger partial charge in [0.05, 0.1) is 0 Å². The molecule has 202 valence electrons. The molecular weight excluding hydrogens is 565 g/mol. The van der Waals surface area contributed by atoms with E-state index < -0.39 is 60.1 Å². The molecule has 0 unspecified atom stereocenters. The van der Waals surface area contributed by atoms with Gasteiger partial charge in [0.25, 0.3) is 5.24 Å². The highest BCUT2D eigenvalue weighted by Gasteiger charge is 2.85. The maximum atomic E-state index is 13.5. The minimum Gasteiger partial charge on any atom is -0.484 e. The van der Waals surface area contributed by atoms with Crippen LogP contribution in [0.15, 0.2) is 24.3 Å². The van der Waals surface area contributed by atoms with Gasteiger partial charge >= 0.3 is 42.5 Å². The molecule has 0 spiro atoms. The molecule has 0 radical (unpaired) electrons. The van der Waals surface area contributed by atoms with Gasteiger partial charge in [-0.2, -0.15) is 65.9 Å². The van der Waals surface area contributed by atoms with E-state index in [4.69, 9.17) is 11.6 Å². The van der Waals surface area contributed by atoms with Gasteiger partial charge in [-0.1, -0.05) is 0 Å². The fourth-order valence-electron chi connectivity index (χ4n) is 1.77. The van der Waals surface area contributed by atoms with Crippen molar-refractivity contribution in [2.45, 2.75) is 42.5 Å². The Morgan fingerprint density at radius 1 is 0.657 bits per heavy atom. The molecule has 0 aromatic heterocycles. The fourth-order valence-corrected chi connectivity index (χ4v) is 1.90. The zero-order chi connectivity index (χ0) is 27.9. The Labute approximate surface area is 187 Å². The summed E-state index contributed by atoms with van der Waals surface area (Å²) in [5.41, 5.74) is -0.223. The second kappa shape index (κ2) is 9.38. The minimum absolute atomic E-state index is 0.223. The van der Waals surface area contributed by atoms with E-state index in [2.05, 4.69) is 9.47 Å². The van der Waals surface area contributed by atoms with E-state index in [1.807, 2.05) is 0 Å². The van der Waals surface area contributed by atoms with E-state index in [9.17, 15) is 70.7 Å². The van der Waals surface area contributed by atoms with Gasteiger partial charge in [0.15, 0.2) is 6.61 Å². The van der Waals surface area contributed by atoms with Crippen LogP contribution in [0, 0.1) is 0 Å². The second-order valence-corrected chi connectivity index (χ2v) is 6.47. The van der Waals surface area contributed by atoms with Crippen molar-refractivity contribution >= 4 is 16.8 Å². The summed E-state index contributed by atoms with van der Waals surface area (Å²) in [7, 11) is 0. The first kappa shape index (κ1) is 30.9. The summed E-state index contributed by atoms with van der Waals surface area (Å²) in [4.78, 5) is 10.8. The van der Waals surface area contributed by atoms with Crippen LogP contribution in [0.1, 0.15) is 10.4 Å². The third-order valence-corrected chi connectivity index (χ3v) is 3.69. The lowest BCUT2D eigenvalue weighted by Gasteiger charge is -2.36. The summed E-state index contributed by atoms with van der Waals surface area (Å²) >= 11 is 5.06. The summed E-state index contributed by atoms with van der Waals surface area (Å²) in [6.07, 6.45) is -35.2. The van der Waals surface area contributed by atoms with Gasteiger partial charge in [0, 0.05) is 5.56 Å². The molecule has 0 atom stereocenters. The number of ether oxygens (including phenoxy) is 3. The number of halogens is 16. The van der Waals surface area contributed by atoms with Crippen molar-refractivity contribution < 1.29 is 84.9 Å². The third kappa shape index (κ3) is 6.54. The average Bonchev–Trinajstić information content (AvgIpc) is 2.63. The van der Waals surface area contributed by atoms with E-state index in [0.29, 0.717) is 0 Å². The maximum absolute atomic E-state index is 13.5. The van der Waals surface area contributed by atoms with Crippen LogP contribution in [0.2, 0.25) is 0 Å². The smallest absolute Gasteiger partial charge is 0.460 e. The molecule has 0 fully saturated rings. The summed E-state index contributed by atoms with van der Waals surface area (Å²) in [6.45, 7) is -2.41. The third-order valence-electron chi connectivity index (χ3n) is 3.48. The van der Waals surface area contributed by atoms with Crippen molar-refractivity contribution in [1.82, 2.24) is 0 Å². The Hall–Kier alpha value is -2.15. The molecule has 0 heterocycles. The lowest BCUT2D eigenvalue weighted by molar-refractivity contribution is -0.542. The molecule has 0 aliphatic heterocycles. The number of carbonyl (C=O) groups is 1. The molecule has 1 aromatic rings. The molecule has 20 heteroatoms. The first-order valence-electron chi connectivity index (χ1n) is 7.96. The SMILES string of the molecule is O=C(Cl)c1ccc(OCC(F)(F)OC(F)(F)C(F)(F)OC(F)(F)C(F)(F)C(F)(F)C(F)(F)F)cc1. The van der Waals surface area contributed by atoms with Crippen LogP contribution in [0.5, 0.6) is 5.75 Å². The van der Waals surface area contributed by atoms with Crippen LogP contribution in [-0.4, -0.2) is 54.3 Å². The standard InChI is InChI=1S/C15H6ClF15O4/c16-8(32)6-1-3-7(4-2-6)33-5-9(17,18)34-14(28,29)15(30,31)35-13(26,27)11(21,22)10(19,20)12(23,24)25/h1-4H,5H2. The fraction of sp³-hybridized carbons (Fsp3) is 0.533. The topological polar surface area (TPSA) is 44.8 Å². The Balaban J connectivity index is 3.04. The lowest BCUT2D eigenvalue weighted by atomic mass is 10.1. The van der Waals surface area contributed by atoms with Gasteiger partial charge in [0.1, 0.15) is 5.75 Å². The second-order valence-electron chi connectivity index (χ2n) is 6.13. The summed E-state index contributed by atoms with van der Waals surface area (Å²) in [5.74, 6) is -16.4. The predicted molar refractivity (Wildman–Crippen MR) is 80.0 cm³/mol. The number of hydrogen-bond donors (Lipinski definition) is 0. The van der Waals surface area contributed by atoms with Crippen LogP contribution in [-0.2, 0) is 9.47 Å². The van der Waals surface area contributed by atoms with Crippen molar-refractivity contribution in [3.05, 3.63) is 29.8 Å². The Morgan fingerprint density at radius 2 is 1.09 bits per heavy atom. The molecule has 0 aliphatic carbocycles. The Morgan fingerprint density at radius 3 is 1.49 bits per heavy atom. The van der Waals surface area contributed by atoms with Crippen LogP contribution in [0.4, 0.5) is 65.9 Å². The van der Waals surface area contributed by atoms with Crippen LogP contribution < -0.4 is 4.74 Å². The summed E-state index contributed by atoms with van der Waals surface area (Å²) in [5, 5.41) is -1.04. The Bertz CT molecular complexity index is 899. The molecule has 0 bridgehead atoms. The van der Waals surface area contributed by atoms with Crippen molar-refractivity contribution in [3.63, 3.8) is 0 Å². The molecule has 4 nitrogen and oxygen atoms in total. The minimum atomic E-state index is -7.93. The highest BCUT2D eigenvalue weighted by molar-refractivity contribution is 6.67. The van der Waals surface area contributed by atoms with E-state index in [1.54, 1.807) is 0 Å². The average molecular weight is 571 g/mol.